The Hall–Kier alpha value is -1.54. The fourth-order valence-corrected chi connectivity index (χ4v) is 1.52. The van der Waals surface area contributed by atoms with Crippen LogP contribution in [0, 0.1) is 0 Å². The van der Waals surface area contributed by atoms with Gasteiger partial charge in [-0.3, -0.25) is 20.1 Å². The Labute approximate surface area is 105 Å². The number of hydrogen-bond acceptors (Lipinski definition) is 6. The van der Waals surface area contributed by atoms with Crippen LogP contribution in [0.25, 0.3) is 0 Å². The van der Waals surface area contributed by atoms with Crippen molar-refractivity contribution >= 4 is 5.91 Å². The first-order valence-corrected chi connectivity index (χ1v) is 5.61. The van der Waals surface area contributed by atoms with Gasteiger partial charge in [0, 0.05) is 25.8 Å². The van der Waals surface area contributed by atoms with E-state index in [0.717, 1.165) is 5.69 Å². The summed E-state index contributed by atoms with van der Waals surface area (Å²) >= 11 is 0. The highest BCUT2D eigenvalue weighted by atomic mass is 16.3. The molecule has 0 fully saturated rings. The Kier molecular flexibility index (Phi) is 6.23. The summed E-state index contributed by atoms with van der Waals surface area (Å²) in [5.74, 6) is 4.62. The third kappa shape index (κ3) is 4.38. The summed E-state index contributed by atoms with van der Waals surface area (Å²) in [6.07, 6.45) is 1.44. The summed E-state index contributed by atoms with van der Waals surface area (Å²) in [7, 11) is 0. The molecule has 7 nitrogen and oxygen atoms in total. The Morgan fingerprint density at radius 3 is 2.44 bits per heavy atom. The van der Waals surface area contributed by atoms with Crippen LogP contribution in [0.2, 0.25) is 0 Å². The number of nitrogen functional groups attached to an aromatic ring is 1. The zero-order valence-electron chi connectivity index (χ0n) is 10.0. The molecule has 18 heavy (non-hydrogen) atoms. The van der Waals surface area contributed by atoms with Crippen molar-refractivity contribution in [1.29, 1.82) is 0 Å². The zero-order chi connectivity index (χ0) is 13.4. The molecule has 1 aromatic heterocycles. The van der Waals surface area contributed by atoms with Crippen LogP contribution in [0.1, 0.15) is 16.1 Å². The molecule has 0 unspecified atom stereocenters. The first-order chi connectivity index (χ1) is 8.71. The number of rotatable bonds is 7. The van der Waals surface area contributed by atoms with Gasteiger partial charge in [-0.25, -0.2) is 5.84 Å². The van der Waals surface area contributed by atoms with Crippen molar-refractivity contribution < 1.29 is 15.0 Å². The van der Waals surface area contributed by atoms with Crippen molar-refractivity contribution in [3.8, 4) is 0 Å². The molecule has 0 aliphatic carbocycles. The van der Waals surface area contributed by atoms with E-state index < -0.39 is 5.91 Å². The molecule has 0 aliphatic rings. The molecule has 0 aliphatic heterocycles. The lowest BCUT2D eigenvalue weighted by molar-refractivity contribution is 0.0953. The van der Waals surface area contributed by atoms with Crippen molar-refractivity contribution in [2.45, 2.75) is 6.54 Å². The van der Waals surface area contributed by atoms with Crippen molar-refractivity contribution in [3.05, 3.63) is 29.6 Å². The molecule has 1 heterocycles. The number of pyridine rings is 1. The number of aromatic nitrogens is 1. The molecule has 100 valence electrons. The van der Waals surface area contributed by atoms with Gasteiger partial charge in [-0.1, -0.05) is 0 Å². The quantitative estimate of drug-likeness (QED) is 0.267. The largest absolute Gasteiger partial charge is 0.395 e. The van der Waals surface area contributed by atoms with Crippen molar-refractivity contribution in [3.63, 3.8) is 0 Å². The predicted octanol–water partition coefficient (Wildman–Crippen LogP) is -1.53. The normalized spacial score (nSPS) is 10.7. The number of aliphatic hydroxyl groups is 2. The van der Waals surface area contributed by atoms with Gasteiger partial charge in [0.1, 0.15) is 0 Å². The molecular formula is C11H18N4O3. The second-order valence-electron chi connectivity index (χ2n) is 3.74. The van der Waals surface area contributed by atoms with Gasteiger partial charge in [0.25, 0.3) is 5.91 Å². The highest BCUT2D eigenvalue weighted by Crippen LogP contribution is 2.03. The molecule has 7 heteroatoms. The van der Waals surface area contributed by atoms with E-state index in [2.05, 4.69) is 4.98 Å². The van der Waals surface area contributed by atoms with Crippen LogP contribution in [0.3, 0.4) is 0 Å². The maximum absolute atomic E-state index is 11.2. The number of amides is 1. The average Bonchev–Trinajstić information content (AvgIpc) is 2.39. The topological polar surface area (TPSA) is 112 Å². The molecule has 1 amide bonds. The predicted molar refractivity (Wildman–Crippen MR) is 65.3 cm³/mol. The SMILES string of the molecule is NNC(=O)c1ccc(CN(CCO)CCO)nc1. The second kappa shape index (κ2) is 7.72. The molecule has 5 N–H and O–H groups in total. The molecule has 1 rings (SSSR count). The van der Waals surface area contributed by atoms with Crippen molar-refractivity contribution in [2.24, 2.45) is 5.84 Å². The summed E-state index contributed by atoms with van der Waals surface area (Å²) in [6.45, 7) is 1.48. The van der Waals surface area contributed by atoms with Crippen LogP contribution in [-0.4, -0.2) is 52.3 Å². The summed E-state index contributed by atoms with van der Waals surface area (Å²) in [6, 6.07) is 3.34. The number of carbonyl (C=O) groups excluding carboxylic acids is 1. The Morgan fingerprint density at radius 2 is 2.00 bits per heavy atom. The molecule has 1 aromatic rings. The Bertz CT molecular complexity index is 363. The number of aliphatic hydroxyl groups excluding tert-OH is 2. The van der Waals surface area contributed by atoms with Crippen LogP contribution in [0.4, 0.5) is 0 Å². The standard InChI is InChI=1S/C11H18N4O3/c12-14-11(18)9-1-2-10(13-7-9)8-15(3-5-16)4-6-17/h1-2,7,16-17H,3-6,8,12H2,(H,14,18). The van der Waals surface area contributed by atoms with E-state index in [1.807, 2.05) is 10.3 Å². The van der Waals surface area contributed by atoms with E-state index in [1.165, 1.54) is 6.20 Å². The van der Waals surface area contributed by atoms with Crippen LogP contribution >= 0.6 is 0 Å². The van der Waals surface area contributed by atoms with Crippen LogP contribution < -0.4 is 11.3 Å². The summed E-state index contributed by atoms with van der Waals surface area (Å²) in [4.78, 5) is 17.2. The minimum Gasteiger partial charge on any atom is -0.395 e. The number of nitrogens with one attached hydrogen (secondary N) is 1. The smallest absolute Gasteiger partial charge is 0.266 e. The van der Waals surface area contributed by atoms with Crippen LogP contribution in [0.5, 0.6) is 0 Å². The number of carbonyl (C=O) groups is 1. The van der Waals surface area contributed by atoms with Crippen molar-refractivity contribution in [1.82, 2.24) is 15.3 Å². The fraction of sp³-hybridized carbons (Fsp3) is 0.455. The minimum atomic E-state index is -0.392. The van der Waals surface area contributed by atoms with Gasteiger partial charge in [-0.15, -0.1) is 0 Å². The molecule has 0 aromatic carbocycles. The van der Waals surface area contributed by atoms with Gasteiger partial charge in [0.2, 0.25) is 0 Å². The minimum absolute atomic E-state index is 0.0215. The van der Waals surface area contributed by atoms with E-state index in [1.54, 1.807) is 12.1 Å². The highest BCUT2D eigenvalue weighted by Gasteiger charge is 2.07. The summed E-state index contributed by atoms with van der Waals surface area (Å²) in [5.41, 5.74) is 3.17. The molecule has 0 bridgehead atoms. The molecule has 0 atom stereocenters. The van der Waals surface area contributed by atoms with E-state index in [9.17, 15) is 4.79 Å². The van der Waals surface area contributed by atoms with E-state index in [4.69, 9.17) is 16.1 Å². The first kappa shape index (κ1) is 14.5. The maximum Gasteiger partial charge on any atom is 0.266 e. The first-order valence-electron chi connectivity index (χ1n) is 5.61. The third-order valence-electron chi connectivity index (χ3n) is 2.44. The van der Waals surface area contributed by atoms with Gasteiger partial charge < -0.3 is 10.2 Å². The molecule has 0 spiro atoms. The lowest BCUT2D eigenvalue weighted by Crippen LogP contribution is -2.31. The fourth-order valence-electron chi connectivity index (χ4n) is 1.52. The second-order valence-corrected chi connectivity index (χ2v) is 3.74. The molecule has 0 saturated heterocycles. The summed E-state index contributed by atoms with van der Waals surface area (Å²) < 4.78 is 0. The Balaban J connectivity index is 2.63. The Morgan fingerprint density at radius 1 is 1.33 bits per heavy atom. The molecule has 0 radical (unpaired) electrons. The number of nitrogens with two attached hydrogens (primary N) is 1. The monoisotopic (exact) mass is 254 g/mol. The van der Waals surface area contributed by atoms with E-state index in [0.29, 0.717) is 25.2 Å². The zero-order valence-corrected chi connectivity index (χ0v) is 10.0. The molecule has 0 saturated carbocycles. The average molecular weight is 254 g/mol. The van der Waals surface area contributed by atoms with Gasteiger partial charge in [0.05, 0.1) is 24.5 Å². The van der Waals surface area contributed by atoms with Gasteiger partial charge in [0.15, 0.2) is 0 Å². The third-order valence-corrected chi connectivity index (χ3v) is 2.44. The van der Waals surface area contributed by atoms with Gasteiger partial charge in [-0.2, -0.15) is 0 Å². The van der Waals surface area contributed by atoms with E-state index in [-0.39, 0.29) is 13.2 Å². The number of hydrogen-bond donors (Lipinski definition) is 4. The summed E-state index contributed by atoms with van der Waals surface area (Å²) in [5, 5.41) is 17.8. The van der Waals surface area contributed by atoms with Crippen molar-refractivity contribution in [2.75, 3.05) is 26.3 Å². The lowest BCUT2D eigenvalue weighted by Gasteiger charge is -2.19. The van der Waals surface area contributed by atoms with E-state index >= 15 is 0 Å². The van der Waals surface area contributed by atoms with Crippen LogP contribution in [0.15, 0.2) is 18.3 Å². The van der Waals surface area contributed by atoms with Crippen LogP contribution in [-0.2, 0) is 6.54 Å². The van der Waals surface area contributed by atoms with Gasteiger partial charge >= 0.3 is 0 Å². The highest BCUT2D eigenvalue weighted by molar-refractivity contribution is 5.93. The number of hydrazine groups is 1. The maximum atomic E-state index is 11.2. The lowest BCUT2D eigenvalue weighted by atomic mass is 10.2. The molecular weight excluding hydrogens is 236 g/mol. The van der Waals surface area contributed by atoms with Gasteiger partial charge in [-0.05, 0) is 12.1 Å². The number of nitrogens with zero attached hydrogens (tertiary/aromatic N) is 2.